The molecule has 2 aromatic rings. The van der Waals surface area contributed by atoms with Gasteiger partial charge < -0.3 is 14.8 Å². The van der Waals surface area contributed by atoms with E-state index < -0.39 is 0 Å². The second-order valence-corrected chi connectivity index (χ2v) is 5.07. The molecule has 0 atom stereocenters. The number of hydrogen-bond donors (Lipinski definition) is 2. The molecule has 0 aliphatic rings. The Morgan fingerprint density at radius 2 is 2.05 bits per heavy atom. The van der Waals surface area contributed by atoms with E-state index in [1.165, 1.54) is 0 Å². The standard InChI is InChI=1S/C15H16ClNO3/c1-9-3-4-12(16)6-11(9)7-17-15(19)14-10(2)5-13(8-18)20-14/h3-6,18H,7-8H2,1-2H3,(H,17,19). The maximum absolute atomic E-state index is 12.0. The molecule has 0 spiro atoms. The quantitative estimate of drug-likeness (QED) is 0.911. The molecule has 20 heavy (non-hydrogen) atoms. The lowest BCUT2D eigenvalue weighted by Gasteiger charge is -2.08. The number of amides is 1. The van der Waals surface area contributed by atoms with Crippen LogP contribution in [-0.4, -0.2) is 11.0 Å². The molecule has 0 fully saturated rings. The number of benzene rings is 1. The molecule has 0 bridgehead atoms. The number of furan rings is 1. The van der Waals surface area contributed by atoms with Crippen molar-refractivity contribution in [3.8, 4) is 0 Å². The largest absolute Gasteiger partial charge is 0.453 e. The molecule has 5 heteroatoms. The van der Waals surface area contributed by atoms with Crippen LogP contribution in [0.25, 0.3) is 0 Å². The summed E-state index contributed by atoms with van der Waals surface area (Å²) in [7, 11) is 0. The van der Waals surface area contributed by atoms with E-state index in [4.69, 9.17) is 21.1 Å². The summed E-state index contributed by atoms with van der Waals surface area (Å²) < 4.78 is 5.28. The van der Waals surface area contributed by atoms with Crippen LogP contribution in [0.15, 0.2) is 28.7 Å². The number of aryl methyl sites for hydroxylation is 2. The minimum Gasteiger partial charge on any atom is -0.453 e. The number of aliphatic hydroxyl groups excluding tert-OH is 1. The molecule has 106 valence electrons. The predicted molar refractivity (Wildman–Crippen MR) is 76.7 cm³/mol. The minimum atomic E-state index is -0.304. The Kier molecular flexibility index (Phi) is 4.47. The first-order chi connectivity index (χ1) is 9.51. The molecule has 0 aliphatic carbocycles. The van der Waals surface area contributed by atoms with Gasteiger partial charge in [-0.1, -0.05) is 17.7 Å². The highest BCUT2D eigenvalue weighted by Gasteiger charge is 2.15. The van der Waals surface area contributed by atoms with Crippen LogP contribution in [0, 0.1) is 13.8 Å². The Bertz CT molecular complexity index is 634. The smallest absolute Gasteiger partial charge is 0.287 e. The molecule has 1 amide bonds. The van der Waals surface area contributed by atoms with Crippen LogP contribution in [0.3, 0.4) is 0 Å². The van der Waals surface area contributed by atoms with E-state index in [1.807, 2.05) is 25.1 Å². The summed E-state index contributed by atoms with van der Waals surface area (Å²) in [6.45, 7) is 3.88. The number of hydrogen-bond acceptors (Lipinski definition) is 3. The fraction of sp³-hybridized carbons (Fsp3) is 0.267. The van der Waals surface area contributed by atoms with Gasteiger partial charge in [0.15, 0.2) is 5.76 Å². The van der Waals surface area contributed by atoms with Crippen LogP contribution in [0.5, 0.6) is 0 Å². The summed E-state index contributed by atoms with van der Waals surface area (Å²) >= 11 is 5.94. The lowest BCUT2D eigenvalue weighted by atomic mass is 10.1. The summed E-state index contributed by atoms with van der Waals surface area (Å²) in [4.78, 5) is 12.0. The molecular weight excluding hydrogens is 278 g/mol. The molecular formula is C15H16ClNO3. The number of nitrogens with one attached hydrogen (secondary N) is 1. The average molecular weight is 294 g/mol. The molecule has 0 saturated carbocycles. The molecule has 0 aliphatic heterocycles. The van der Waals surface area contributed by atoms with Crippen molar-refractivity contribution in [2.45, 2.75) is 27.0 Å². The van der Waals surface area contributed by atoms with Crippen LogP contribution >= 0.6 is 11.6 Å². The van der Waals surface area contributed by atoms with E-state index in [2.05, 4.69) is 5.32 Å². The highest BCUT2D eigenvalue weighted by molar-refractivity contribution is 6.30. The summed E-state index contributed by atoms with van der Waals surface area (Å²) in [6, 6.07) is 7.20. The third-order valence-electron chi connectivity index (χ3n) is 3.08. The van der Waals surface area contributed by atoms with Gasteiger partial charge in [0.1, 0.15) is 12.4 Å². The number of aliphatic hydroxyl groups is 1. The summed E-state index contributed by atoms with van der Waals surface area (Å²) in [5.41, 5.74) is 2.72. The Labute approximate surface area is 122 Å². The average Bonchev–Trinajstić information content (AvgIpc) is 2.81. The van der Waals surface area contributed by atoms with Gasteiger partial charge in [-0.05, 0) is 43.2 Å². The SMILES string of the molecule is Cc1ccc(Cl)cc1CNC(=O)c1oc(CO)cc1C. The number of rotatable bonds is 4. The number of halogens is 1. The van der Waals surface area contributed by atoms with Crippen molar-refractivity contribution >= 4 is 17.5 Å². The van der Waals surface area contributed by atoms with Crippen molar-refractivity contribution in [3.63, 3.8) is 0 Å². The van der Waals surface area contributed by atoms with Gasteiger partial charge in [0, 0.05) is 17.1 Å². The first-order valence-electron chi connectivity index (χ1n) is 6.24. The fourth-order valence-corrected chi connectivity index (χ4v) is 2.13. The minimum absolute atomic E-state index is 0.221. The lowest BCUT2D eigenvalue weighted by molar-refractivity contribution is 0.0917. The molecule has 0 unspecified atom stereocenters. The summed E-state index contributed by atoms with van der Waals surface area (Å²) in [6.07, 6.45) is 0. The molecule has 2 rings (SSSR count). The van der Waals surface area contributed by atoms with Gasteiger partial charge in [0.05, 0.1) is 0 Å². The van der Waals surface area contributed by atoms with Crippen molar-refractivity contribution in [2.24, 2.45) is 0 Å². The van der Waals surface area contributed by atoms with Gasteiger partial charge in [0.2, 0.25) is 0 Å². The molecule has 1 aromatic heterocycles. The van der Waals surface area contributed by atoms with E-state index in [1.54, 1.807) is 13.0 Å². The monoisotopic (exact) mass is 293 g/mol. The summed E-state index contributed by atoms with van der Waals surface area (Å²) in [5, 5.41) is 12.4. The number of carbonyl (C=O) groups is 1. The molecule has 1 heterocycles. The second kappa shape index (κ2) is 6.11. The second-order valence-electron chi connectivity index (χ2n) is 4.64. The van der Waals surface area contributed by atoms with Crippen molar-refractivity contribution < 1.29 is 14.3 Å². The van der Waals surface area contributed by atoms with E-state index in [-0.39, 0.29) is 18.3 Å². The van der Waals surface area contributed by atoms with Crippen molar-refractivity contribution in [3.05, 3.63) is 57.5 Å². The molecule has 2 N–H and O–H groups in total. The maximum Gasteiger partial charge on any atom is 0.287 e. The zero-order valence-corrected chi connectivity index (χ0v) is 12.1. The zero-order valence-electron chi connectivity index (χ0n) is 11.4. The fourth-order valence-electron chi connectivity index (χ4n) is 1.94. The maximum atomic E-state index is 12.0. The van der Waals surface area contributed by atoms with E-state index >= 15 is 0 Å². The third kappa shape index (κ3) is 3.21. The van der Waals surface area contributed by atoms with Gasteiger partial charge in [-0.2, -0.15) is 0 Å². The van der Waals surface area contributed by atoms with Crippen LogP contribution in [0.4, 0.5) is 0 Å². The van der Waals surface area contributed by atoms with Crippen molar-refractivity contribution in [2.75, 3.05) is 0 Å². The van der Waals surface area contributed by atoms with E-state index in [0.717, 1.165) is 11.1 Å². The van der Waals surface area contributed by atoms with Crippen LogP contribution < -0.4 is 5.32 Å². The highest BCUT2D eigenvalue weighted by Crippen LogP contribution is 2.17. The van der Waals surface area contributed by atoms with Gasteiger partial charge in [-0.25, -0.2) is 0 Å². The molecule has 0 radical (unpaired) electrons. The Hall–Kier alpha value is -1.78. The molecule has 0 saturated heterocycles. The molecule has 4 nitrogen and oxygen atoms in total. The van der Waals surface area contributed by atoms with Crippen LogP contribution in [0.1, 0.15) is 33.0 Å². The highest BCUT2D eigenvalue weighted by atomic mass is 35.5. The summed E-state index contributed by atoms with van der Waals surface area (Å²) in [5.74, 6) is 0.307. The third-order valence-corrected chi connectivity index (χ3v) is 3.32. The normalized spacial score (nSPS) is 10.6. The zero-order chi connectivity index (χ0) is 14.7. The van der Waals surface area contributed by atoms with Crippen LogP contribution in [-0.2, 0) is 13.2 Å². The Morgan fingerprint density at radius 3 is 2.70 bits per heavy atom. The van der Waals surface area contributed by atoms with Crippen molar-refractivity contribution in [1.29, 1.82) is 0 Å². The lowest BCUT2D eigenvalue weighted by Crippen LogP contribution is -2.23. The van der Waals surface area contributed by atoms with Crippen molar-refractivity contribution in [1.82, 2.24) is 5.32 Å². The molecule has 1 aromatic carbocycles. The van der Waals surface area contributed by atoms with E-state index in [9.17, 15) is 4.79 Å². The first kappa shape index (κ1) is 14.6. The van der Waals surface area contributed by atoms with Gasteiger partial charge >= 0.3 is 0 Å². The Morgan fingerprint density at radius 1 is 1.30 bits per heavy atom. The van der Waals surface area contributed by atoms with Gasteiger partial charge in [-0.15, -0.1) is 0 Å². The van der Waals surface area contributed by atoms with E-state index in [0.29, 0.717) is 22.9 Å². The predicted octanol–water partition coefficient (Wildman–Crippen LogP) is 2.97. The van der Waals surface area contributed by atoms with Gasteiger partial charge in [0.25, 0.3) is 5.91 Å². The number of carbonyl (C=O) groups excluding carboxylic acids is 1. The topological polar surface area (TPSA) is 62.5 Å². The van der Waals surface area contributed by atoms with Crippen LogP contribution in [0.2, 0.25) is 5.02 Å². The Balaban J connectivity index is 2.08. The first-order valence-corrected chi connectivity index (χ1v) is 6.62. The van der Waals surface area contributed by atoms with Gasteiger partial charge in [-0.3, -0.25) is 4.79 Å².